The summed E-state index contributed by atoms with van der Waals surface area (Å²) in [7, 11) is 1.52. The first-order chi connectivity index (χ1) is 13.4. The van der Waals surface area contributed by atoms with Crippen molar-refractivity contribution in [1.29, 1.82) is 0 Å². The second-order valence-electron chi connectivity index (χ2n) is 5.97. The monoisotopic (exact) mass is 386 g/mol. The number of anilines is 5. The van der Waals surface area contributed by atoms with E-state index in [0.717, 1.165) is 6.07 Å². The van der Waals surface area contributed by atoms with E-state index in [9.17, 15) is 18.0 Å². The fourth-order valence-corrected chi connectivity index (χ4v) is 2.84. The van der Waals surface area contributed by atoms with Gasteiger partial charge in [-0.25, -0.2) is 0 Å². The van der Waals surface area contributed by atoms with Crippen LogP contribution in [0.4, 0.5) is 41.6 Å². The predicted molar refractivity (Wildman–Crippen MR) is 98.1 cm³/mol. The van der Waals surface area contributed by atoms with Crippen LogP contribution in [0.25, 0.3) is 0 Å². The van der Waals surface area contributed by atoms with Gasteiger partial charge in [0.25, 0.3) is 11.9 Å². The normalized spacial score (nSPS) is 12.2. The number of nitrogens with one attached hydrogen (secondary N) is 3. The van der Waals surface area contributed by atoms with Gasteiger partial charge in [-0.05, 0) is 30.3 Å². The highest BCUT2D eigenvalue weighted by Gasteiger charge is 2.20. The van der Waals surface area contributed by atoms with Gasteiger partial charge in [0.05, 0.1) is 35.4 Å². The van der Waals surface area contributed by atoms with Crippen LogP contribution in [0.2, 0.25) is 0 Å². The molecular formula is C19H13F3N4O2. The number of aromatic nitrogens is 1. The third kappa shape index (κ3) is 3.18. The number of carbonyl (C=O) groups excluding carboxylic acids is 1. The Bertz CT molecular complexity index is 1100. The summed E-state index contributed by atoms with van der Waals surface area (Å²) >= 11 is 0. The van der Waals surface area contributed by atoms with Crippen molar-refractivity contribution in [2.75, 3.05) is 23.1 Å². The van der Waals surface area contributed by atoms with Crippen LogP contribution in [0, 0.1) is 17.7 Å². The molecule has 28 heavy (non-hydrogen) atoms. The lowest BCUT2D eigenvalue weighted by molar-refractivity contribution is 0.102. The van der Waals surface area contributed by atoms with Crippen molar-refractivity contribution < 1.29 is 22.7 Å². The molecule has 0 atom stereocenters. The standard InChI is InChI=1S/C19H13F3N4O2/c1-28-10-3-5-12-14(7-10)25-19(27)11-4-2-9(6-13(11)24-12)23-15-8-16(20)26-18(22)17(15)21/h2-8,24H,1H3,(H,23,26)(H,25,27). The number of amides is 1. The average Bonchev–Trinajstić information content (AvgIpc) is 2.80. The van der Waals surface area contributed by atoms with Gasteiger partial charge in [0.15, 0.2) is 0 Å². The Kier molecular flexibility index (Phi) is 4.26. The average molecular weight is 386 g/mol. The van der Waals surface area contributed by atoms with Crippen LogP contribution in [-0.2, 0) is 0 Å². The van der Waals surface area contributed by atoms with Gasteiger partial charge in [-0.2, -0.15) is 18.2 Å². The van der Waals surface area contributed by atoms with Crippen LogP contribution in [0.5, 0.6) is 5.75 Å². The fourth-order valence-electron chi connectivity index (χ4n) is 2.84. The number of benzene rings is 2. The maximum absolute atomic E-state index is 13.8. The number of rotatable bonds is 3. The Labute approximate surface area is 157 Å². The molecule has 3 N–H and O–H groups in total. The van der Waals surface area contributed by atoms with Crippen LogP contribution in [0.3, 0.4) is 0 Å². The number of halogens is 3. The topological polar surface area (TPSA) is 75.3 Å². The van der Waals surface area contributed by atoms with Gasteiger partial charge in [0, 0.05) is 17.8 Å². The summed E-state index contributed by atoms with van der Waals surface area (Å²) in [6, 6.07) is 10.4. The molecule has 0 unspecified atom stereocenters. The number of nitrogens with zero attached hydrogens (tertiary/aromatic N) is 1. The van der Waals surface area contributed by atoms with E-state index >= 15 is 0 Å². The van der Waals surface area contributed by atoms with Gasteiger partial charge in [-0.1, -0.05) is 0 Å². The Balaban J connectivity index is 1.71. The SMILES string of the molecule is COc1ccc2c(c1)NC(=O)c1ccc(Nc3cc(F)nc(F)c3F)cc1N2. The largest absolute Gasteiger partial charge is 0.497 e. The van der Waals surface area contributed by atoms with Crippen LogP contribution in [0.1, 0.15) is 10.4 Å². The summed E-state index contributed by atoms with van der Waals surface area (Å²) in [5, 5.41) is 8.49. The van der Waals surface area contributed by atoms with Crippen LogP contribution >= 0.6 is 0 Å². The van der Waals surface area contributed by atoms with Crippen LogP contribution in [0.15, 0.2) is 42.5 Å². The van der Waals surface area contributed by atoms with Gasteiger partial charge >= 0.3 is 0 Å². The van der Waals surface area contributed by atoms with Crippen molar-refractivity contribution in [1.82, 2.24) is 4.98 Å². The molecule has 3 aromatic rings. The molecule has 1 amide bonds. The maximum Gasteiger partial charge on any atom is 0.257 e. The Morgan fingerprint density at radius 3 is 2.57 bits per heavy atom. The second kappa shape index (κ2) is 6.76. The number of hydrogen-bond acceptors (Lipinski definition) is 5. The van der Waals surface area contributed by atoms with Gasteiger partial charge in [-0.3, -0.25) is 4.79 Å². The highest BCUT2D eigenvalue weighted by Crippen LogP contribution is 2.36. The highest BCUT2D eigenvalue weighted by atomic mass is 19.2. The zero-order valence-electron chi connectivity index (χ0n) is 14.4. The van der Waals surface area contributed by atoms with E-state index in [-0.39, 0.29) is 5.91 Å². The number of pyridine rings is 1. The molecule has 142 valence electrons. The summed E-state index contributed by atoms with van der Waals surface area (Å²) in [6.07, 6.45) is 0. The zero-order valence-corrected chi connectivity index (χ0v) is 14.4. The number of ether oxygens (including phenoxy) is 1. The Morgan fingerprint density at radius 2 is 1.79 bits per heavy atom. The molecule has 9 heteroatoms. The lowest BCUT2D eigenvalue weighted by Crippen LogP contribution is -2.11. The first kappa shape index (κ1) is 17.7. The molecule has 0 fully saturated rings. The highest BCUT2D eigenvalue weighted by molar-refractivity contribution is 6.12. The van der Waals surface area contributed by atoms with Crippen LogP contribution < -0.4 is 20.7 Å². The minimum atomic E-state index is -1.54. The Morgan fingerprint density at radius 1 is 0.964 bits per heavy atom. The van der Waals surface area contributed by atoms with E-state index in [0.29, 0.717) is 34.1 Å². The van der Waals surface area contributed by atoms with E-state index in [4.69, 9.17) is 4.74 Å². The summed E-state index contributed by atoms with van der Waals surface area (Å²) in [4.78, 5) is 15.3. The van der Waals surface area contributed by atoms with Crippen molar-refractivity contribution >= 4 is 34.3 Å². The molecule has 0 aliphatic carbocycles. The Hall–Kier alpha value is -3.75. The molecule has 1 aliphatic rings. The van der Waals surface area contributed by atoms with E-state index < -0.39 is 23.4 Å². The quantitative estimate of drug-likeness (QED) is 0.576. The lowest BCUT2D eigenvalue weighted by atomic mass is 10.1. The minimum absolute atomic E-state index is 0.319. The molecule has 2 aromatic carbocycles. The number of fused-ring (bicyclic) bond motifs is 2. The molecule has 0 bridgehead atoms. The van der Waals surface area contributed by atoms with Crippen molar-refractivity contribution in [2.45, 2.75) is 0 Å². The molecule has 1 aromatic heterocycles. The number of methoxy groups -OCH3 is 1. The smallest absolute Gasteiger partial charge is 0.257 e. The summed E-state index contributed by atoms with van der Waals surface area (Å²) in [6.45, 7) is 0. The van der Waals surface area contributed by atoms with Crippen LogP contribution in [-0.4, -0.2) is 18.0 Å². The van der Waals surface area contributed by atoms with Crippen molar-refractivity contribution in [3.8, 4) is 5.75 Å². The molecule has 0 spiro atoms. The number of carbonyl (C=O) groups is 1. The van der Waals surface area contributed by atoms with E-state index in [2.05, 4.69) is 20.9 Å². The molecule has 0 saturated carbocycles. The zero-order chi connectivity index (χ0) is 19.8. The maximum atomic E-state index is 13.8. The molecule has 0 radical (unpaired) electrons. The van der Waals surface area contributed by atoms with Gasteiger partial charge in [0.2, 0.25) is 11.8 Å². The van der Waals surface area contributed by atoms with E-state index in [1.807, 2.05) is 0 Å². The van der Waals surface area contributed by atoms with Crippen molar-refractivity contribution in [3.05, 3.63) is 65.7 Å². The van der Waals surface area contributed by atoms with Crippen molar-refractivity contribution in [2.24, 2.45) is 0 Å². The predicted octanol–water partition coefficient (Wildman–Crippen LogP) is 4.56. The summed E-state index contributed by atoms with van der Waals surface area (Å²) in [5.74, 6) is -3.78. The third-order valence-electron chi connectivity index (χ3n) is 4.17. The van der Waals surface area contributed by atoms with E-state index in [1.54, 1.807) is 18.2 Å². The summed E-state index contributed by atoms with van der Waals surface area (Å²) < 4.78 is 45.6. The molecular weight excluding hydrogens is 373 g/mol. The first-order valence-corrected chi connectivity index (χ1v) is 8.13. The molecule has 4 rings (SSSR count). The molecule has 0 saturated heterocycles. The molecule has 1 aliphatic heterocycles. The third-order valence-corrected chi connectivity index (χ3v) is 4.17. The molecule has 2 heterocycles. The van der Waals surface area contributed by atoms with Gasteiger partial charge in [-0.15, -0.1) is 0 Å². The lowest BCUT2D eigenvalue weighted by Gasteiger charge is -2.12. The van der Waals surface area contributed by atoms with Gasteiger partial charge < -0.3 is 20.7 Å². The second-order valence-corrected chi connectivity index (χ2v) is 5.97. The minimum Gasteiger partial charge on any atom is -0.497 e. The fraction of sp³-hybridized carbons (Fsp3) is 0.0526. The summed E-state index contributed by atoms with van der Waals surface area (Å²) in [5.41, 5.74) is 1.83. The van der Waals surface area contributed by atoms with Crippen molar-refractivity contribution in [3.63, 3.8) is 0 Å². The van der Waals surface area contributed by atoms with Gasteiger partial charge in [0.1, 0.15) is 5.75 Å². The van der Waals surface area contributed by atoms with E-state index in [1.165, 1.54) is 25.3 Å². The first-order valence-electron chi connectivity index (χ1n) is 8.13. The molecule has 6 nitrogen and oxygen atoms in total. The number of hydrogen-bond donors (Lipinski definition) is 3.